The zero-order valence-electron chi connectivity index (χ0n) is 22.5. The second-order valence-electron chi connectivity index (χ2n) is 9.23. The van der Waals surface area contributed by atoms with Crippen LogP contribution in [0.25, 0.3) is 0 Å². The lowest BCUT2D eigenvalue weighted by Crippen LogP contribution is -2.07. The fraction of sp³-hybridized carbons (Fsp3) is 0.406. The molecule has 3 aromatic rings. The van der Waals surface area contributed by atoms with Crippen LogP contribution in [0.2, 0.25) is 0 Å². The summed E-state index contributed by atoms with van der Waals surface area (Å²) in [5, 5.41) is 9.90. The van der Waals surface area contributed by atoms with Crippen molar-refractivity contribution in [2.24, 2.45) is 0 Å². The fourth-order valence-electron chi connectivity index (χ4n) is 3.52. The molecule has 0 saturated carbocycles. The van der Waals surface area contributed by atoms with Gasteiger partial charge in [-0.3, -0.25) is 0 Å². The van der Waals surface area contributed by atoms with Crippen LogP contribution in [-0.4, -0.2) is 17.7 Å². The second kappa shape index (κ2) is 15.7. The molecule has 0 heterocycles. The highest BCUT2D eigenvalue weighted by atomic mass is 16.5. The van der Waals surface area contributed by atoms with Crippen LogP contribution in [0.5, 0.6) is 11.5 Å². The number of aromatic hydroxyl groups is 1. The fourth-order valence-corrected chi connectivity index (χ4v) is 3.52. The number of ether oxygens (including phenoxy) is 2. The van der Waals surface area contributed by atoms with Crippen molar-refractivity contribution in [1.82, 2.24) is 0 Å². The van der Waals surface area contributed by atoms with E-state index in [1.165, 1.54) is 29.7 Å². The number of phenols is 1. The highest BCUT2D eigenvalue weighted by molar-refractivity contribution is 5.92. The van der Waals surface area contributed by atoms with Crippen molar-refractivity contribution in [3.63, 3.8) is 0 Å². The Morgan fingerprint density at radius 1 is 0.833 bits per heavy atom. The third kappa shape index (κ3) is 9.41. The summed E-state index contributed by atoms with van der Waals surface area (Å²) in [4.78, 5) is 12.1. The predicted octanol–water partition coefficient (Wildman–Crippen LogP) is 8.64. The molecule has 3 aromatic carbocycles. The molecule has 4 heteroatoms. The Balaban J connectivity index is 0.000000380. The number of carbonyl (C=O) groups is 1. The number of rotatable bonds is 11. The molecule has 0 aliphatic rings. The monoisotopic (exact) mass is 490 g/mol. The van der Waals surface area contributed by atoms with Crippen LogP contribution in [-0.2, 0) is 11.3 Å². The summed E-state index contributed by atoms with van der Waals surface area (Å²) in [6.07, 6.45) is 4.08. The molecular weight excluding hydrogens is 448 g/mol. The van der Waals surface area contributed by atoms with E-state index in [0.29, 0.717) is 30.8 Å². The Morgan fingerprint density at radius 3 is 2.03 bits per heavy atom. The molecule has 194 valence electrons. The molecule has 36 heavy (non-hydrogen) atoms. The number of phenolic OH excluding ortho intramolecular Hbond substituents is 1. The molecule has 1 N–H and O–H groups in total. The largest absolute Gasteiger partial charge is 0.507 e. The Kier molecular flexibility index (Phi) is 12.6. The van der Waals surface area contributed by atoms with Gasteiger partial charge < -0.3 is 14.6 Å². The number of hydrogen-bond acceptors (Lipinski definition) is 4. The average Bonchev–Trinajstić information content (AvgIpc) is 2.92. The molecule has 3 rings (SSSR count). The van der Waals surface area contributed by atoms with Gasteiger partial charge in [-0.2, -0.15) is 0 Å². The van der Waals surface area contributed by atoms with Crippen LogP contribution in [0.3, 0.4) is 0 Å². The van der Waals surface area contributed by atoms with Crippen molar-refractivity contribution in [2.75, 3.05) is 6.61 Å². The predicted molar refractivity (Wildman–Crippen MR) is 148 cm³/mol. The van der Waals surface area contributed by atoms with E-state index in [4.69, 9.17) is 9.47 Å². The molecule has 4 nitrogen and oxygen atoms in total. The van der Waals surface area contributed by atoms with Crippen molar-refractivity contribution < 1.29 is 19.4 Å². The maximum atomic E-state index is 12.1. The van der Waals surface area contributed by atoms with Gasteiger partial charge in [-0.1, -0.05) is 95.6 Å². The maximum absolute atomic E-state index is 12.1. The first kappa shape index (κ1) is 29.0. The van der Waals surface area contributed by atoms with Gasteiger partial charge in [0.1, 0.15) is 23.7 Å². The molecule has 0 fully saturated rings. The number of unbranched alkanes of at least 4 members (excludes halogenated alkanes) is 1. The molecule has 0 bridgehead atoms. The standard InChI is InChI=1S/C22H28O4.C10H14/c1-4-6-13-25-22(24)20-14-19(11-12-21(20)23)26-15-17-7-9-18(10-8-17)16(3)5-2;1-3-9(2)10-7-5-4-6-8-10/h7-12,14,16,23H,4-6,13,15H2,1-3H3;4-9H,3H2,1-2H3. The van der Waals surface area contributed by atoms with Gasteiger partial charge >= 0.3 is 5.97 Å². The number of hydrogen-bond donors (Lipinski definition) is 1. The molecule has 2 atom stereocenters. The Morgan fingerprint density at radius 2 is 1.44 bits per heavy atom. The van der Waals surface area contributed by atoms with Crippen LogP contribution < -0.4 is 4.74 Å². The molecular formula is C32H42O4. The quantitative estimate of drug-likeness (QED) is 0.216. The van der Waals surface area contributed by atoms with Gasteiger partial charge in [-0.15, -0.1) is 0 Å². The summed E-state index contributed by atoms with van der Waals surface area (Å²) in [6.45, 7) is 11.6. The van der Waals surface area contributed by atoms with Gasteiger partial charge in [0.2, 0.25) is 0 Å². The van der Waals surface area contributed by atoms with E-state index in [9.17, 15) is 9.90 Å². The summed E-state index contributed by atoms with van der Waals surface area (Å²) in [7, 11) is 0. The van der Waals surface area contributed by atoms with E-state index in [1.807, 2.05) is 6.92 Å². The molecule has 0 radical (unpaired) electrons. The molecule has 0 amide bonds. The van der Waals surface area contributed by atoms with Gasteiger partial charge in [-0.25, -0.2) is 4.79 Å². The van der Waals surface area contributed by atoms with Crippen LogP contribution >= 0.6 is 0 Å². The highest BCUT2D eigenvalue weighted by Gasteiger charge is 2.14. The SMILES string of the molecule is CCC(C)c1ccccc1.CCCCOC(=O)c1cc(OCc2ccc(C(C)CC)cc2)ccc1O. The molecule has 0 aliphatic carbocycles. The van der Waals surface area contributed by atoms with Gasteiger partial charge in [-0.05, 0) is 66.0 Å². The molecule has 0 aromatic heterocycles. The first-order chi connectivity index (χ1) is 17.4. The average molecular weight is 491 g/mol. The van der Waals surface area contributed by atoms with E-state index >= 15 is 0 Å². The lowest BCUT2D eigenvalue weighted by molar-refractivity contribution is 0.0496. The topological polar surface area (TPSA) is 55.8 Å². The summed E-state index contributed by atoms with van der Waals surface area (Å²) in [5.74, 6) is 1.15. The highest BCUT2D eigenvalue weighted by Crippen LogP contribution is 2.25. The number of carbonyl (C=O) groups excluding carboxylic acids is 1. The van der Waals surface area contributed by atoms with Gasteiger partial charge in [0.05, 0.1) is 6.61 Å². The first-order valence-electron chi connectivity index (χ1n) is 13.2. The summed E-state index contributed by atoms with van der Waals surface area (Å²) in [6, 6.07) is 23.6. The van der Waals surface area contributed by atoms with Crippen molar-refractivity contribution in [3.05, 3.63) is 95.1 Å². The Bertz CT molecular complexity index is 1030. The van der Waals surface area contributed by atoms with E-state index in [0.717, 1.165) is 24.8 Å². The zero-order valence-corrected chi connectivity index (χ0v) is 22.5. The third-order valence-corrected chi connectivity index (χ3v) is 6.47. The van der Waals surface area contributed by atoms with E-state index in [1.54, 1.807) is 6.07 Å². The van der Waals surface area contributed by atoms with Crippen LogP contribution in [0.15, 0.2) is 72.8 Å². The molecule has 0 aliphatic heterocycles. The van der Waals surface area contributed by atoms with Crippen LogP contribution in [0.4, 0.5) is 0 Å². The lowest BCUT2D eigenvalue weighted by atomic mass is 9.98. The number of esters is 1. The Labute approximate surface area is 217 Å². The van der Waals surface area contributed by atoms with E-state index < -0.39 is 5.97 Å². The van der Waals surface area contributed by atoms with Crippen molar-refractivity contribution in [2.45, 2.75) is 78.7 Å². The summed E-state index contributed by atoms with van der Waals surface area (Å²) >= 11 is 0. The summed E-state index contributed by atoms with van der Waals surface area (Å²) in [5.41, 5.74) is 3.95. The minimum atomic E-state index is -0.528. The van der Waals surface area contributed by atoms with E-state index in [2.05, 4.69) is 82.3 Å². The van der Waals surface area contributed by atoms with Gasteiger partial charge in [0, 0.05) is 0 Å². The van der Waals surface area contributed by atoms with Crippen LogP contribution in [0.1, 0.15) is 99.2 Å². The van der Waals surface area contributed by atoms with Crippen molar-refractivity contribution in [3.8, 4) is 11.5 Å². The van der Waals surface area contributed by atoms with Gasteiger partial charge in [0.15, 0.2) is 0 Å². The lowest BCUT2D eigenvalue weighted by Gasteiger charge is -2.12. The minimum Gasteiger partial charge on any atom is -0.507 e. The summed E-state index contributed by atoms with van der Waals surface area (Å²) < 4.78 is 10.9. The normalized spacial score (nSPS) is 12.1. The van der Waals surface area contributed by atoms with Crippen LogP contribution in [0, 0.1) is 0 Å². The molecule has 0 spiro atoms. The smallest absolute Gasteiger partial charge is 0.342 e. The minimum absolute atomic E-state index is 0.100. The second-order valence-corrected chi connectivity index (χ2v) is 9.23. The van der Waals surface area contributed by atoms with E-state index in [-0.39, 0.29) is 11.3 Å². The third-order valence-electron chi connectivity index (χ3n) is 6.47. The van der Waals surface area contributed by atoms with Gasteiger partial charge in [0.25, 0.3) is 0 Å². The Hall–Kier alpha value is -3.27. The van der Waals surface area contributed by atoms with Crippen molar-refractivity contribution in [1.29, 1.82) is 0 Å². The number of benzene rings is 3. The zero-order chi connectivity index (χ0) is 26.3. The molecule has 2 unspecified atom stereocenters. The molecule has 0 saturated heterocycles. The maximum Gasteiger partial charge on any atom is 0.342 e. The van der Waals surface area contributed by atoms with Crippen molar-refractivity contribution >= 4 is 5.97 Å². The first-order valence-corrected chi connectivity index (χ1v) is 13.2.